The Balaban J connectivity index is 1.64. The number of ether oxygens (including phenoxy) is 1. The molecule has 1 saturated heterocycles. The molecule has 1 aliphatic rings. The van der Waals surface area contributed by atoms with Crippen LogP contribution in [-0.4, -0.2) is 39.6 Å². The number of aryl methyl sites for hydroxylation is 1. The molecule has 2 heterocycles. The first-order chi connectivity index (χ1) is 13.7. The second kappa shape index (κ2) is 7.96. The minimum Gasteiger partial charge on any atom is -0.487 e. The van der Waals surface area contributed by atoms with Gasteiger partial charge in [0.25, 0.3) is 10.0 Å². The lowest BCUT2D eigenvalue weighted by Crippen LogP contribution is -2.21. The molecule has 3 aromatic rings. The Labute approximate surface area is 184 Å². The van der Waals surface area contributed by atoms with E-state index in [9.17, 15) is 8.42 Å². The van der Waals surface area contributed by atoms with Gasteiger partial charge in [0.2, 0.25) is 0 Å². The van der Waals surface area contributed by atoms with Gasteiger partial charge in [-0.1, -0.05) is 23.2 Å². The van der Waals surface area contributed by atoms with Crippen molar-refractivity contribution in [1.29, 1.82) is 0 Å². The summed E-state index contributed by atoms with van der Waals surface area (Å²) >= 11 is 13.8. The molecule has 5 nitrogen and oxygen atoms in total. The van der Waals surface area contributed by atoms with E-state index in [0.717, 1.165) is 24.2 Å². The smallest absolute Gasteiger partial charge is 0.263 e. The summed E-state index contributed by atoms with van der Waals surface area (Å²) in [4.78, 5) is 3.13. The molecule has 154 valence electrons. The zero-order valence-corrected chi connectivity index (χ0v) is 19.1. The van der Waals surface area contributed by atoms with E-state index in [-0.39, 0.29) is 11.0 Å². The summed E-state index contributed by atoms with van der Waals surface area (Å²) in [6.07, 6.45) is 0.943. The number of hydrogen-bond acceptors (Lipinski definition) is 5. The third-order valence-electron chi connectivity index (χ3n) is 4.86. The van der Waals surface area contributed by atoms with Gasteiger partial charge in [0, 0.05) is 39.1 Å². The molecule has 0 unspecified atom stereocenters. The molecule has 1 N–H and O–H groups in total. The first-order valence-corrected chi connectivity index (χ1v) is 12.1. The number of rotatable bonds is 5. The maximum Gasteiger partial charge on any atom is 0.263 e. The zero-order valence-electron chi connectivity index (χ0n) is 15.9. The van der Waals surface area contributed by atoms with Crippen molar-refractivity contribution < 1.29 is 13.2 Å². The number of sulfonamides is 1. The Kier molecular flexibility index (Phi) is 5.70. The van der Waals surface area contributed by atoms with Crippen molar-refractivity contribution in [3.8, 4) is 5.75 Å². The number of halogens is 2. The molecule has 0 radical (unpaired) electrons. The van der Waals surface area contributed by atoms with Crippen molar-refractivity contribution in [3.63, 3.8) is 0 Å². The van der Waals surface area contributed by atoms with Crippen molar-refractivity contribution >= 4 is 60.3 Å². The van der Waals surface area contributed by atoms with Crippen LogP contribution in [0.4, 0.5) is 5.69 Å². The Morgan fingerprint density at radius 2 is 2.00 bits per heavy atom. The van der Waals surface area contributed by atoms with Gasteiger partial charge in [-0.15, -0.1) is 11.3 Å². The number of hydrogen-bond donors (Lipinski definition) is 1. The van der Waals surface area contributed by atoms with Gasteiger partial charge in [-0.2, -0.15) is 0 Å². The summed E-state index contributed by atoms with van der Waals surface area (Å²) in [5.41, 5.74) is 0.400. The van der Waals surface area contributed by atoms with Crippen molar-refractivity contribution in [2.45, 2.75) is 24.3 Å². The first-order valence-electron chi connectivity index (χ1n) is 9.09. The molecular weight excluding hydrogens is 451 g/mol. The number of nitrogens with one attached hydrogen (secondary N) is 1. The largest absolute Gasteiger partial charge is 0.487 e. The summed E-state index contributed by atoms with van der Waals surface area (Å²) < 4.78 is 35.9. The Morgan fingerprint density at radius 3 is 2.72 bits per heavy atom. The maximum atomic E-state index is 13.2. The monoisotopic (exact) mass is 470 g/mol. The van der Waals surface area contributed by atoms with Crippen LogP contribution in [0.1, 0.15) is 11.3 Å². The van der Waals surface area contributed by atoms with E-state index >= 15 is 0 Å². The van der Waals surface area contributed by atoms with Crippen LogP contribution in [0, 0.1) is 6.92 Å². The quantitative estimate of drug-likeness (QED) is 0.542. The average molecular weight is 471 g/mol. The summed E-state index contributed by atoms with van der Waals surface area (Å²) in [7, 11) is -1.78. The van der Waals surface area contributed by atoms with E-state index in [1.165, 1.54) is 11.3 Å². The van der Waals surface area contributed by atoms with Gasteiger partial charge < -0.3 is 9.64 Å². The highest BCUT2D eigenvalue weighted by Gasteiger charge is 2.25. The van der Waals surface area contributed by atoms with Crippen LogP contribution >= 0.6 is 34.5 Å². The van der Waals surface area contributed by atoms with Crippen molar-refractivity contribution in [2.24, 2.45) is 0 Å². The summed E-state index contributed by atoms with van der Waals surface area (Å²) in [6.45, 7) is 3.56. The van der Waals surface area contributed by atoms with Crippen LogP contribution in [0.5, 0.6) is 5.75 Å². The number of anilines is 1. The standard InChI is InChI=1S/C20H20Cl2N2O3S2/c1-12-20(16-9-13(21)3-6-19(16)28-12)29(25,26)23-14-4-5-17(22)18(10-14)27-15-7-8-24(2)11-15/h3-6,9-10,15,23H,7-8,11H2,1-2H3/t15-/m1/s1. The van der Waals surface area contributed by atoms with Crippen LogP contribution in [-0.2, 0) is 10.0 Å². The molecule has 0 amide bonds. The second-order valence-corrected chi connectivity index (χ2v) is 10.9. The molecule has 0 saturated carbocycles. The van der Waals surface area contributed by atoms with Gasteiger partial charge in [0.1, 0.15) is 16.7 Å². The molecule has 0 aliphatic carbocycles. The fraction of sp³-hybridized carbons (Fsp3) is 0.300. The molecule has 0 spiro atoms. The van der Waals surface area contributed by atoms with E-state index in [1.807, 2.05) is 13.1 Å². The fourth-order valence-corrected chi connectivity index (χ4v) is 6.71. The van der Waals surface area contributed by atoms with E-state index in [2.05, 4.69) is 9.62 Å². The van der Waals surface area contributed by atoms with Gasteiger partial charge >= 0.3 is 0 Å². The lowest BCUT2D eigenvalue weighted by atomic mass is 10.2. The van der Waals surface area contributed by atoms with Crippen LogP contribution in [0.25, 0.3) is 10.1 Å². The van der Waals surface area contributed by atoms with E-state index in [1.54, 1.807) is 37.3 Å². The highest BCUT2D eigenvalue weighted by Crippen LogP contribution is 2.37. The van der Waals surface area contributed by atoms with Crippen LogP contribution in [0.15, 0.2) is 41.3 Å². The number of thiophene rings is 1. The number of benzene rings is 2. The Hall–Kier alpha value is -1.51. The predicted octanol–water partition coefficient (Wildman–Crippen LogP) is 5.40. The molecule has 1 fully saturated rings. The second-order valence-electron chi connectivity index (χ2n) is 7.17. The fourth-order valence-electron chi connectivity index (χ4n) is 3.54. The van der Waals surface area contributed by atoms with Crippen LogP contribution in [0.2, 0.25) is 10.0 Å². The van der Waals surface area contributed by atoms with E-state index < -0.39 is 10.0 Å². The summed E-state index contributed by atoms with van der Waals surface area (Å²) in [5, 5.41) is 1.56. The predicted molar refractivity (Wildman–Crippen MR) is 120 cm³/mol. The molecule has 1 aliphatic heterocycles. The van der Waals surface area contributed by atoms with Crippen molar-refractivity contribution in [1.82, 2.24) is 4.90 Å². The third kappa shape index (κ3) is 4.34. The molecule has 4 rings (SSSR count). The van der Waals surface area contributed by atoms with Crippen molar-refractivity contribution in [2.75, 3.05) is 24.9 Å². The normalized spacial score (nSPS) is 17.7. The Bertz CT molecular complexity index is 1180. The van der Waals surface area contributed by atoms with E-state index in [0.29, 0.717) is 31.7 Å². The molecule has 9 heteroatoms. The number of nitrogens with zero attached hydrogens (tertiary/aromatic N) is 1. The Morgan fingerprint density at radius 1 is 1.21 bits per heavy atom. The number of fused-ring (bicyclic) bond motifs is 1. The molecule has 29 heavy (non-hydrogen) atoms. The minimum atomic E-state index is -3.81. The highest BCUT2D eigenvalue weighted by molar-refractivity contribution is 7.93. The third-order valence-corrected chi connectivity index (χ3v) is 8.19. The lowest BCUT2D eigenvalue weighted by Gasteiger charge is -2.16. The maximum absolute atomic E-state index is 13.2. The van der Waals surface area contributed by atoms with Crippen LogP contribution in [0.3, 0.4) is 0 Å². The van der Waals surface area contributed by atoms with Gasteiger partial charge in [-0.25, -0.2) is 8.42 Å². The van der Waals surface area contributed by atoms with Gasteiger partial charge in [0.05, 0.1) is 10.7 Å². The van der Waals surface area contributed by atoms with Gasteiger partial charge in [-0.3, -0.25) is 4.72 Å². The van der Waals surface area contributed by atoms with Crippen molar-refractivity contribution in [3.05, 3.63) is 51.3 Å². The molecule has 0 bridgehead atoms. The summed E-state index contributed by atoms with van der Waals surface area (Å²) in [5.74, 6) is 0.474. The lowest BCUT2D eigenvalue weighted by molar-refractivity contribution is 0.208. The van der Waals surface area contributed by atoms with E-state index in [4.69, 9.17) is 27.9 Å². The first kappa shape index (κ1) is 20.8. The SMILES string of the molecule is Cc1sc2ccc(Cl)cc2c1S(=O)(=O)Nc1ccc(Cl)c(O[C@@H]2CCN(C)C2)c1. The number of likely N-dealkylation sites (tertiary alicyclic amines) is 1. The average Bonchev–Trinajstić information content (AvgIpc) is 3.19. The van der Waals surface area contributed by atoms with Crippen LogP contribution < -0.4 is 9.46 Å². The topological polar surface area (TPSA) is 58.6 Å². The minimum absolute atomic E-state index is 0.0366. The molecule has 1 atom stereocenters. The van der Waals surface area contributed by atoms with Gasteiger partial charge in [0.15, 0.2) is 0 Å². The molecular formula is C20H20Cl2N2O3S2. The summed E-state index contributed by atoms with van der Waals surface area (Å²) in [6, 6.07) is 10.2. The molecule has 2 aromatic carbocycles. The molecule has 1 aromatic heterocycles. The highest BCUT2D eigenvalue weighted by atomic mass is 35.5. The van der Waals surface area contributed by atoms with Gasteiger partial charge in [-0.05, 0) is 50.7 Å². The zero-order chi connectivity index (χ0) is 20.8. The number of likely N-dealkylation sites (N-methyl/N-ethyl adjacent to an activating group) is 1.